The Morgan fingerprint density at radius 1 is 1.21 bits per heavy atom. The van der Waals surface area contributed by atoms with Crippen molar-refractivity contribution in [3.8, 4) is 0 Å². The zero-order valence-electron chi connectivity index (χ0n) is 10.7. The molecule has 0 aliphatic rings. The fraction of sp³-hybridized carbons (Fsp3) is 0.214. The number of hydrogen-bond acceptors (Lipinski definition) is 4. The highest BCUT2D eigenvalue weighted by Gasteiger charge is 2.11. The van der Waals surface area contributed by atoms with Gasteiger partial charge < -0.3 is 5.32 Å². The van der Waals surface area contributed by atoms with E-state index < -0.39 is 0 Å². The Labute approximate surface area is 111 Å². The molecule has 0 atom stereocenters. The standard InChI is InChI=1S/C14H15N3O2/c1-11-6-7-13(16-8-11)10-15-9-12-4-2-3-5-14(12)17(18)19/h2-8,15H,9-10H2,1H3. The van der Waals surface area contributed by atoms with E-state index in [1.165, 1.54) is 6.07 Å². The molecule has 0 spiro atoms. The lowest BCUT2D eigenvalue weighted by Crippen LogP contribution is -2.14. The van der Waals surface area contributed by atoms with Crippen LogP contribution in [0.4, 0.5) is 5.69 Å². The molecular formula is C14H15N3O2. The van der Waals surface area contributed by atoms with E-state index >= 15 is 0 Å². The highest BCUT2D eigenvalue weighted by atomic mass is 16.6. The van der Waals surface area contributed by atoms with Crippen LogP contribution in [0.1, 0.15) is 16.8 Å². The van der Waals surface area contributed by atoms with Gasteiger partial charge in [-0.15, -0.1) is 0 Å². The van der Waals surface area contributed by atoms with Gasteiger partial charge in [-0.25, -0.2) is 0 Å². The van der Waals surface area contributed by atoms with Crippen molar-refractivity contribution >= 4 is 5.69 Å². The molecule has 0 unspecified atom stereocenters. The first-order chi connectivity index (χ1) is 9.16. The van der Waals surface area contributed by atoms with Crippen molar-refractivity contribution in [3.63, 3.8) is 0 Å². The molecule has 98 valence electrons. The Bertz CT molecular complexity index is 567. The molecule has 1 aromatic carbocycles. The van der Waals surface area contributed by atoms with E-state index in [4.69, 9.17) is 0 Å². The second kappa shape index (κ2) is 6.06. The molecule has 1 heterocycles. The van der Waals surface area contributed by atoms with Crippen molar-refractivity contribution < 1.29 is 4.92 Å². The lowest BCUT2D eigenvalue weighted by atomic mass is 10.2. The van der Waals surface area contributed by atoms with E-state index in [-0.39, 0.29) is 10.6 Å². The molecule has 2 aromatic rings. The van der Waals surface area contributed by atoms with E-state index in [1.807, 2.05) is 25.3 Å². The molecule has 2 rings (SSSR count). The molecule has 0 aliphatic heterocycles. The number of hydrogen-bond donors (Lipinski definition) is 1. The number of aryl methyl sites for hydroxylation is 1. The lowest BCUT2D eigenvalue weighted by molar-refractivity contribution is -0.385. The second-order valence-corrected chi connectivity index (χ2v) is 4.32. The summed E-state index contributed by atoms with van der Waals surface area (Å²) in [7, 11) is 0. The van der Waals surface area contributed by atoms with Gasteiger partial charge >= 0.3 is 0 Å². The Morgan fingerprint density at radius 2 is 2.00 bits per heavy atom. The summed E-state index contributed by atoms with van der Waals surface area (Å²) in [6.07, 6.45) is 1.81. The first kappa shape index (κ1) is 13.2. The maximum absolute atomic E-state index is 10.9. The summed E-state index contributed by atoms with van der Waals surface area (Å²) in [5.41, 5.74) is 2.86. The van der Waals surface area contributed by atoms with E-state index in [2.05, 4.69) is 10.3 Å². The monoisotopic (exact) mass is 257 g/mol. The quantitative estimate of drug-likeness (QED) is 0.660. The zero-order chi connectivity index (χ0) is 13.7. The molecule has 0 saturated carbocycles. The Kier molecular flexibility index (Phi) is 4.20. The summed E-state index contributed by atoms with van der Waals surface area (Å²) in [6, 6.07) is 10.7. The van der Waals surface area contributed by atoms with Crippen molar-refractivity contribution in [2.24, 2.45) is 0 Å². The summed E-state index contributed by atoms with van der Waals surface area (Å²) in [6.45, 7) is 3.02. The predicted molar refractivity (Wildman–Crippen MR) is 72.6 cm³/mol. The van der Waals surface area contributed by atoms with Crippen molar-refractivity contribution in [3.05, 3.63) is 69.5 Å². The maximum atomic E-state index is 10.9. The van der Waals surface area contributed by atoms with Gasteiger partial charge in [-0.2, -0.15) is 0 Å². The Balaban J connectivity index is 1.96. The minimum atomic E-state index is -0.360. The molecule has 1 N–H and O–H groups in total. The highest BCUT2D eigenvalue weighted by Crippen LogP contribution is 2.17. The van der Waals surface area contributed by atoms with Crippen LogP contribution in [-0.2, 0) is 13.1 Å². The number of rotatable bonds is 5. The number of nitro benzene ring substituents is 1. The molecular weight excluding hydrogens is 242 g/mol. The zero-order valence-corrected chi connectivity index (χ0v) is 10.7. The number of benzene rings is 1. The third-order valence-corrected chi connectivity index (χ3v) is 2.78. The van der Waals surface area contributed by atoms with E-state index in [1.54, 1.807) is 18.2 Å². The summed E-state index contributed by atoms with van der Waals surface area (Å²) in [4.78, 5) is 14.8. The number of aromatic nitrogens is 1. The van der Waals surface area contributed by atoms with Gasteiger partial charge in [-0.1, -0.05) is 24.3 Å². The van der Waals surface area contributed by atoms with Gasteiger partial charge in [0.1, 0.15) is 0 Å². The van der Waals surface area contributed by atoms with Gasteiger partial charge in [0, 0.05) is 30.9 Å². The van der Waals surface area contributed by atoms with Crippen molar-refractivity contribution in [2.45, 2.75) is 20.0 Å². The predicted octanol–water partition coefficient (Wildman–Crippen LogP) is 2.59. The molecule has 5 heteroatoms. The molecule has 0 amide bonds. The number of nitro groups is 1. The van der Waals surface area contributed by atoms with Crippen molar-refractivity contribution in [2.75, 3.05) is 0 Å². The van der Waals surface area contributed by atoms with Crippen molar-refractivity contribution in [1.82, 2.24) is 10.3 Å². The van der Waals surface area contributed by atoms with Gasteiger partial charge in [-0.3, -0.25) is 15.1 Å². The normalized spacial score (nSPS) is 10.4. The molecule has 0 radical (unpaired) electrons. The molecule has 1 aromatic heterocycles. The molecule has 5 nitrogen and oxygen atoms in total. The van der Waals surface area contributed by atoms with E-state index in [0.717, 1.165) is 11.3 Å². The van der Waals surface area contributed by atoms with E-state index in [9.17, 15) is 10.1 Å². The molecule has 0 aliphatic carbocycles. The summed E-state index contributed by atoms with van der Waals surface area (Å²) in [5, 5.41) is 14.0. The fourth-order valence-electron chi connectivity index (χ4n) is 1.77. The first-order valence-corrected chi connectivity index (χ1v) is 6.01. The van der Waals surface area contributed by atoms with Gasteiger partial charge in [0.15, 0.2) is 0 Å². The fourth-order valence-corrected chi connectivity index (χ4v) is 1.77. The van der Waals surface area contributed by atoms with Gasteiger partial charge in [0.05, 0.1) is 10.6 Å². The first-order valence-electron chi connectivity index (χ1n) is 6.01. The number of para-hydroxylation sites is 1. The third kappa shape index (κ3) is 3.59. The molecule has 19 heavy (non-hydrogen) atoms. The minimum Gasteiger partial charge on any atom is -0.307 e. The van der Waals surface area contributed by atoms with Crippen LogP contribution >= 0.6 is 0 Å². The van der Waals surface area contributed by atoms with Crippen LogP contribution in [0.3, 0.4) is 0 Å². The van der Waals surface area contributed by atoms with Crippen LogP contribution in [0.5, 0.6) is 0 Å². The minimum absolute atomic E-state index is 0.145. The van der Waals surface area contributed by atoms with Gasteiger partial charge in [0.2, 0.25) is 0 Å². The van der Waals surface area contributed by atoms with E-state index in [0.29, 0.717) is 18.7 Å². The van der Waals surface area contributed by atoms with Crippen LogP contribution < -0.4 is 5.32 Å². The van der Waals surface area contributed by atoms with Crippen LogP contribution in [0.2, 0.25) is 0 Å². The Hall–Kier alpha value is -2.27. The van der Waals surface area contributed by atoms with Crippen LogP contribution in [0, 0.1) is 17.0 Å². The van der Waals surface area contributed by atoms with Crippen LogP contribution in [-0.4, -0.2) is 9.91 Å². The maximum Gasteiger partial charge on any atom is 0.273 e. The third-order valence-electron chi connectivity index (χ3n) is 2.78. The molecule has 0 fully saturated rings. The summed E-state index contributed by atoms with van der Waals surface area (Å²) in [5.74, 6) is 0. The summed E-state index contributed by atoms with van der Waals surface area (Å²) < 4.78 is 0. The number of nitrogens with one attached hydrogen (secondary N) is 1. The van der Waals surface area contributed by atoms with Crippen LogP contribution in [0.25, 0.3) is 0 Å². The second-order valence-electron chi connectivity index (χ2n) is 4.32. The average molecular weight is 257 g/mol. The average Bonchev–Trinajstić information content (AvgIpc) is 2.41. The number of nitrogens with zero attached hydrogens (tertiary/aromatic N) is 2. The largest absolute Gasteiger partial charge is 0.307 e. The smallest absolute Gasteiger partial charge is 0.273 e. The molecule has 0 bridgehead atoms. The topological polar surface area (TPSA) is 68.1 Å². The van der Waals surface area contributed by atoms with Crippen LogP contribution in [0.15, 0.2) is 42.6 Å². The van der Waals surface area contributed by atoms with Crippen molar-refractivity contribution in [1.29, 1.82) is 0 Å². The number of pyridine rings is 1. The molecule has 0 saturated heterocycles. The highest BCUT2D eigenvalue weighted by molar-refractivity contribution is 5.39. The SMILES string of the molecule is Cc1ccc(CNCc2ccccc2[N+](=O)[O-])nc1. The lowest BCUT2D eigenvalue weighted by Gasteiger charge is -2.05. The summed E-state index contributed by atoms with van der Waals surface area (Å²) >= 11 is 0. The van der Waals surface area contributed by atoms with Gasteiger partial charge in [0.25, 0.3) is 5.69 Å². The Morgan fingerprint density at radius 3 is 2.68 bits per heavy atom. The van der Waals surface area contributed by atoms with Gasteiger partial charge in [-0.05, 0) is 18.6 Å².